The van der Waals surface area contributed by atoms with E-state index in [2.05, 4.69) is 5.32 Å². The topological polar surface area (TPSA) is 50.7 Å². The zero-order valence-corrected chi connectivity index (χ0v) is 12.5. The van der Waals surface area contributed by atoms with Gasteiger partial charge in [0, 0.05) is 23.7 Å². The lowest BCUT2D eigenvalue weighted by Crippen LogP contribution is -2.18. The quantitative estimate of drug-likeness (QED) is 0.772. The van der Waals surface area contributed by atoms with Crippen molar-refractivity contribution in [1.82, 2.24) is 5.32 Å². The fourth-order valence-electron chi connectivity index (χ4n) is 1.94. The zero-order valence-electron chi connectivity index (χ0n) is 11.7. The average Bonchev–Trinajstić information content (AvgIpc) is 2.40. The van der Waals surface area contributed by atoms with E-state index in [1.807, 2.05) is 27.0 Å². The highest BCUT2D eigenvalue weighted by Crippen LogP contribution is 2.37. The van der Waals surface area contributed by atoms with Gasteiger partial charge in [-0.3, -0.25) is 0 Å². The van der Waals surface area contributed by atoms with Gasteiger partial charge < -0.3 is 19.9 Å². The first-order valence-electron chi connectivity index (χ1n) is 6.55. The van der Waals surface area contributed by atoms with Crippen LogP contribution in [0, 0.1) is 0 Å². The number of benzene rings is 1. The number of hydrogen-bond acceptors (Lipinski definition) is 4. The molecule has 1 rings (SSSR count). The second-order valence-electron chi connectivity index (χ2n) is 4.04. The van der Waals surface area contributed by atoms with Gasteiger partial charge in [0.15, 0.2) is 11.5 Å². The molecular weight excluding hydrogens is 266 g/mol. The molecule has 0 saturated carbocycles. The Balaban J connectivity index is 3.14. The van der Waals surface area contributed by atoms with Gasteiger partial charge in [0.1, 0.15) is 0 Å². The molecule has 0 fully saturated rings. The fourth-order valence-corrected chi connectivity index (χ4v) is 2.22. The van der Waals surface area contributed by atoms with Gasteiger partial charge in [0.2, 0.25) is 0 Å². The molecule has 1 atom stereocenters. The van der Waals surface area contributed by atoms with Gasteiger partial charge in [-0.1, -0.05) is 11.6 Å². The van der Waals surface area contributed by atoms with Crippen molar-refractivity contribution in [2.75, 3.05) is 26.9 Å². The minimum atomic E-state index is -0.00705. The van der Waals surface area contributed by atoms with Crippen molar-refractivity contribution in [3.8, 4) is 11.5 Å². The SMILES string of the molecule is CCOc1cc(Cl)c(C(CCO)NC)cc1OCC. The summed E-state index contributed by atoms with van der Waals surface area (Å²) >= 11 is 6.29. The van der Waals surface area contributed by atoms with Gasteiger partial charge >= 0.3 is 0 Å². The number of ether oxygens (including phenoxy) is 2. The third-order valence-electron chi connectivity index (χ3n) is 2.80. The fraction of sp³-hybridized carbons (Fsp3) is 0.571. The average molecular weight is 288 g/mol. The molecule has 1 aromatic carbocycles. The van der Waals surface area contributed by atoms with Crippen LogP contribution in [0.1, 0.15) is 31.9 Å². The molecule has 1 unspecified atom stereocenters. The maximum absolute atomic E-state index is 9.09. The van der Waals surface area contributed by atoms with Crippen molar-refractivity contribution in [2.45, 2.75) is 26.3 Å². The molecule has 1 aromatic rings. The van der Waals surface area contributed by atoms with Gasteiger partial charge in [0.05, 0.1) is 13.2 Å². The van der Waals surface area contributed by atoms with Gasteiger partial charge in [-0.05, 0) is 38.9 Å². The molecule has 0 aliphatic rings. The Morgan fingerprint density at radius 1 is 1.21 bits per heavy atom. The summed E-state index contributed by atoms with van der Waals surface area (Å²) in [4.78, 5) is 0. The van der Waals surface area contributed by atoms with Crippen molar-refractivity contribution < 1.29 is 14.6 Å². The first kappa shape index (κ1) is 16.1. The highest BCUT2D eigenvalue weighted by atomic mass is 35.5. The summed E-state index contributed by atoms with van der Waals surface area (Å²) in [7, 11) is 1.84. The smallest absolute Gasteiger partial charge is 0.162 e. The van der Waals surface area contributed by atoms with Crippen LogP contribution in [0.2, 0.25) is 5.02 Å². The Kier molecular flexibility index (Phi) is 6.99. The molecule has 5 heteroatoms. The first-order valence-corrected chi connectivity index (χ1v) is 6.92. The standard InChI is InChI=1S/C14H22ClNO3/c1-4-18-13-8-10(12(16-3)6-7-17)11(15)9-14(13)19-5-2/h8-9,12,16-17H,4-7H2,1-3H3. The van der Waals surface area contributed by atoms with E-state index < -0.39 is 0 Å². The van der Waals surface area contributed by atoms with Crippen LogP contribution in [0.3, 0.4) is 0 Å². The summed E-state index contributed by atoms with van der Waals surface area (Å²) in [6, 6.07) is 3.65. The molecule has 0 heterocycles. The highest BCUT2D eigenvalue weighted by molar-refractivity contribution is 6.31. The number of halogens is 1. The van der Waals surface area contributed by atoms with E-state index in [0.29, 0.717) is 36.2 Å². The molecule has 0 amide bonds. The van der Waals surface area contributed by atoms with E-state index in [-0.39, 0.29) is 12.6 Å². The van der Waals surface area contributed by atoms with E-state index in [1.165, 1.54) is 0 Å². The van der Waals surface area contributed by atoms with Crippen LogP contribution < -0.4 is 14.8 Å². The molecule has 0 spiro atoms. The van der Waals surface area contributed by atoms with Crippen LogP contribution in [-0.2, 0) is 0 Å². The Morgan fingerprint density at radius 2 is 1.79 bits per heavy atom. The third kappa shape index (κ3) is 4.27. The molecular formula is C14H22ClNO3. The normalized spacial score (nSPS) is 12.3. The molecule has 4 nitrogen and oxygen atoms in total. The van der Waals surface area contributed by atoms with Crippen LogP contribution in [0.25, 0.3) is 0 Å². The van der Waals surface area contributed by atoms with E-state index in [9.17, 15) is 0 Å². The summed E-state index contributed by atoms with van der Waals surface area (Å²) in [5.74, 6) is 1.33. The molecule has 0 aromatic heterocycles. The van der Waals surface area contributed by atoms with Crippen molar-refractivity contribution in [3.05, 3.63) is 22.7 Å². The van der Waals surface area contributed by atoms with E-state index in [0.717, 1.165) is 5.56 Å². The van der Waals surface area contributed by atoms with Crippen LogP contribution in [0.4, 0.5) is 0 Å². The van der Waals surface area contributed by atoms with Gasteiger partial charge in [0.25, 0.3) is 0 Å². The highest BCUT2D eigenvalue weighted by Gasteiger charge is 2.17. The number of aliphatic hydroxyl groups is 1. The molecule has 19 heavy (non-hydrogen) atoms. The lowest BCUT2D eigenvalue weighted by Gasteiger charge is -2.20. The second-order valence-corrected chi connectivity index (χ2v) is 4.45. The van der Waals surface area contributed by atoms with Gasteiger partial charge in [-0.25, -0.2) is 0 Å². The van der Waals surface area contributed by atoms with Crippen molar-refractivity contribution in [3.63, 3.8) is 0 Å². The molecule has 2 N–H and O–H groups in total. The molecule has 0 radical (unpaired) electrons. The minimum absolute atomic E-state index is 0.00705. The zero-order chi connectivity index (χ0) is 14.3. The molecule has 108 valence electrons. The molecule has 0 aliphatic heterocycles. The lowest BCUT2D eigenvalue weighted by atomic mass is 10.0. The van der Waals surface area contributed by atoms with Gasteiger partial charge in [-0.2, -0.15) is 0 Å². The van der Waals surface area contributed by atoms with E-state index in [1.54, 1.807) is 6.07 Å². The summed E-state index contributed by atoms with van der Waals surface area (Å²) in [6.07, 6.45) is 0.593. The van der Waals surface area contributed by atoms with Crippen LogP contribution in [0.5, 0.6) is 11.5 Å². The minimum Gasteiger partial charge on any atom is -0.490 e. The van der Waals surface area contributed by atoms with Gasteiger partial charge in [-0.15, -0.1) is 0 Å². The summed E-state index contributed by atoms with van der Waals surface area (Å²) in [5.41, 5.74) is 0.908. The second kappa shape index (κ2) is 8.25. The number of aliphatic hydroxyl groups excluding tert-OH is 1. The monoisotopic (exact) mass is 287 g/mol. The van der Waals surface area contributed by atoms with Crippen LogP contribution in [0.15, 0.2) is 12.1 Å². The predicted octanol–water partition coefficient (Wildman–Crippen LogP) is 2.78. The van der Waals surface area contributed by atoms with Crippen molar-refractivity contribution in [1.29, 1.82) is 0 Å². The molecule has 0 saturated heterocycles. The number of hydrogen-bond donors (Lipinski definition) is 2. The maximum atomic E-state index is 9.09. The third-order valence-corrected chi connectivity index (χ3v) is 3.13. The summed E-state index contributed by atoms with van der Waals surface area (Å²) < 4.78 is 11.1. The first-order chi connectivity index (χ1) is 9.17. The summed E-state index contributed by atoms with van der Waals surface area (Å²) in [5, 5.41) is 12.8. The van der Waals surface area contributed by atoms with E-state index >= 15 is 0 Å². The molecule has 0 aliphatic carbocycles. The van der Waals surface area contributed by atoms with Crippen LogP contribution in [-0.4, -0.2) is 32.0 Å². The summed E-state index contributed by atoms with van der Waals surface area (Å²) in [6.45, 7) is 5.05. The number of rotatable bonds is 8. The Bertz CT molecular complexity index is 399. The van der Waals surface area contributed by atoms with Crippen molar-refractivity contribution in [2.24, 2.45) is 0 Å². The van der Waals surface area contributed by atoms with Crippen LogP contribution >= 0.6 is 11.6 Å². The van der Waals surface area contributed by atoms with Crippen molar-refractivity contribution >= 4 is 11.6 Å². The largest absolute Gasteiger partial charge is 0.490 e. The molecule has 0 bridgehead atoms. The number of nitrogens with one attached hydrogen (secondary N) is 1. The maximum Gasteiger partial charge on any atom is 0.162 e. The van der Waals surface area contributed by atoms with E-state index in [4.69, 9.17) is 26.2 Å². The predicted molar refractivity (Wildman–Crippen MR) is 77.3 cm³/mol. The lowest BCUT2D eigenvalue weighted by molar-refractivity contribution is 0.267. The Morgan fingerprint density at radius 3 is 2.26 bits per heavy atom. The Labute approximate surface area is 119 Å². The Hall–Kier alpha value is -0.970.